The Kier molecular flexibility index (Phi) is 6.30. The molecule has 1 atom stereocenters. The number of allylic oxidation sites excluding steroid dienone is 4. The van der Waals surface area contributed by atoms with Crippen molar-refractivity contribution >= 4 is 6.08 Å². The average Bonchev–Trinajstić information content (AvgIpc) is 2.45. The Balaban J connectivity index is 2.72. The van der Waals surface area contributed by atoms with Gasteiger partial charge in [-0.15, -0.1) is 6.58 Å². The summed E-state index contributed by atoms with van der Waals surface area (Å²) in [6.07, 6.45) is 10.9. The monoisotopic (exact) mass is 270 g/mol. The Morgan fingerprint density at radius 3 is 2.40 bits per heavy atom. The SMILES string of the molecule is C=CC(C)(/C=C/c1ccc(OC)cc1)CCC=C(C)C. The maximum absolute atomic E-state index is 5.16. The molecule has 0 N–H and O–H groups in total. The molecule has 0 aliphatic rings. The van der Waals surface area contributed by atoms with Gasteiger partial charge in [-0.3, -0.25) is 0 Å². The second-order valence-electron chi connectivity index (χ2n) is 5.64. The smallest absolute Gasteiger partial charge is 0.118 e. The molecule has 1 heteroatoms. The van der Waals surface area contributed by atoms with Crippen LogP contribution in [-0.4, -0.2) is 7.11 Å². The lowest BCUT2D eigenvalue weighted by atomic mass is 9.84. The Bertz CT molecular complexity index is 475. The minimum Gasteiger partial charge on any atom is -0.497 e. The van der Waals surface area contributed by atoms with Gasteiger partial charge < -0.3 is 4.74 Å². The van der Waals surface area contributed by atoms with Gasteiger partial charge in [0, 0.05) is 5.41 Å². The number of hydrogen-bond acceptors (Lipinski definition) is 1. The van der Waals surface area contributed by atoms with Gasteiger partial charge in [-0.1, -0.05) is 48.9 Å². The molecule has 0 aliphatic carbocycles. The summed E-state index contributed by atoms with van der Waals surface area (Å²) in [6.45, 7) is 10.5. The van der Waals surface area contributed by atoms with Gasteiger partial charge in [-0.25, -0.2) is 0 Å². The third-order valence-corrected chi connectivity index (χ3v) is 3.47. The van der Waals surface area contributed by atoms with E-state index < -0.39 is 0 Å². The second-order valence-corrected chi connectivity index (χ2v) is 5.64. The van der Waals surface area contributed by atoms with Gasteiger partial charge in [0.25, 0.3) is 0 Å². The molecule has 1 aromatic rings. The predicted molar refractivity (Wildman–Crippen MR) is 89.0 cm³/mol. The second kappa shape index (κ2) is 7.74. The molecule has 0 spiro atoms. The molecule has 1 nitrogen and oxygen atoms in total. The van der Waals surface area contributed by atoms with Gasteiger partial charge in [0.1, 0.15) is 5.75 Å². The van der Waals surface area contributed by atoms with E-state index in [-0.39, 0.29) is 5.41 Å². The third kappa shape index (κ3) is 5.48. The normalized spacial score (nSPS) is 13.8. The zero-order valence-corrected chi connectivity index (χ0v) is 13.1. The molecule has 0 aliphatic heterocycles. The van der Waals surface area contributed by atoms with E-state index in [1.54, 1.807) is 7.11 Å². The predicted octanol–water partition coefficient (Wildman–Crippen LogP) is 5.65. The van der Waals surface area contributed by atoms with Crippen LogP contribution in [0.1, 0.15) is 39.2 Å². The molecule has 1 unspecified atom stereocenters. The van der Waals surface area contributed by atoms with Crippen LogP contribution in [0, 0.1) is 5.41 Å². The minimum atomic E-state index is 0.0336. The first-order valence-electron chi connectivity index (χ1n) is 7.09. The lowest BCUT2D eigenvalue weighted by Gasteiger charge is -2.20. The fourth-order valence-electron chi connectivity index (χ4n) is 1.93. The summed E-state index contributed by atoms with van der Waals surface area (Å²) >= 11 is 0. The van der Waals surface area contributed by atoms with E-state index in [0.29, 0.717) is 0 Å². The van der Waals surface area contributed by atoms with Crippen molar-refractivity contribution in [3.05, 3.63) is 60.2 Å². The molecule has 0 fully saturated rings. The van der Waals surface area contributed by atoms with Crippen LogP contribution in [0.25, 0.3) is 6.08 Å². The van der Waals surface area contributed by atoms with Crippen LogP contribution in [0.15, 0.2) is 54.6 Å². The van der Waals surface area contributed by atoms with Crippen LogP contribution in [-0.2, 0) is 0 Å². The molecule has 0 saturated heterocycles. The van der Waals surface area contributed by atoms with E-state index in [1.165, 1.54) is 11.1 Å². The number of methoxy groups -OCH3 is 1. The van der Waals surface area contributed by atoms with Crippen LogP contribution in [0.4, 0.5) is 0 Å². The first kappa shape index (κ1) is 16.3. The van der Waals surface area contributed by atoms with Crippen molar-refractivity contribution in [2.24, 2.45) is 5.41 Å². The van der Waals surface area contributed by atoms with E-state index in [0.717, 1.165) is 18.6 Å². The lowest BCUT2D eigenvalue weighted by molar-refractivity contribution is 0.415. The summed E-state index contributed by atoms with van der Waals surface area (Å²) in [5, 5.41) is 0. The molecular formula is C19H26O. The van der Waals surface area contributed by atoms with Gasteiger partial charge in [-0.2, -0.15) is 0 Å². The molecule has 0 amide bonds. The number of benzene rings is 1. The summed E-state index contributed by atoms with van der Waals surface area (Å²) in [5.74, 6) is 0.886. The number of rotatable bonds is 7. The van der Waals surface area contributed by atoms with Crippen LogP contribution in [0.2, 0.25) is 0 Å². The minimum absolute atomic E-state index is 0.0336. The largest absolute Gasteiger partial charge is 0.497 e. The van der Waals surface area contributed by atoms with Gasteiger partial charge in [0.05, 0.1) is 7.11 Å². The number of hydrogen-bond donors (Lipinski definition) is 0. The Morgan fingerprint density at radius 1 is 1.25 bits per heavy atom. The maximum atomic E-state index is 5.16. The Labute approximate surface area is 123 Å². The van der Waals surface area contributed by atoms with Crippen LogP contribution in [0.3, 0.4) is 0 Å². The van der Waals surface area contributed by atoms with Crippen LogP contribution < -0.4 is 4.74 Å². The Hall–Kier alpha value is -1.76. The molecular weight excluding hydrogens is 244 g/mol. The van der Waals surface area contributed by atoms with Gasteiger partial charge in [0.15, 0.2) is 0 Å². The highest BCUT2D eigenvalue weighted by atomic mass is 16.5. The molecule has 1 aromatic carbocycles. The molecule has 0 heterocycles. The van der Waals surface area contributed by atoms with Crippen molar-refractivity contribution in [2.45, 2.75) is 33.6 Å². The average molecular weight is 270 g/mol. The summed E-state index contributed by atoms with van der Waals surface area (Å²) in [4.78, 5) is 0. The summed E-state index contributed by atoms with van der Waals surface area (Å²) < 4.78 is 5.16. The van der Waals surface area contributed by atoms with Crippen molar-refractivity contribution in [1.29, 1.82) is 0 Å². The summed E-state index contributed by atoms with van der Waals surface area (Å²) in [5.41, 5.74) is 2.59. The molecule has 0 radical (unpaired) electrons. The fraction of sp³-hybridized carbons (Fsp3) is 0.368. The van der Waals surface area contributed by atoms with E-state index in [2.05, 4.69) is 57.7 Å². The first-order chi connectivity index (χ1) is 9.49. The van der Waals surface area contributed by atoms with E-state index in [9.17, 15) is 0 Å². The first-order valence-corrected chi connectivity index (χ1v) is 7.09. The highest BCUT2D eigenvalue weighted by Gasteiger charge is 2.14. The van der Waals surface area contributed by atoms with Crippen molar-refractivity contribution in [3.8, 4) is 5.75 Å². The maximum Gasteiger partial charge on any atom is 0.118 e. The summed E-state index contributed by atoms with van der Waals surface area (Å²) in [6, 6.07) is 8.09. The molecule has 0 saturated carbocycles. The topological polar surface area (TPSA) is 9.23 Å². The molecule has 0 bridgehead atoms. The Morgan fingerprint density at radius 2 is 1.90 bits per heavy atom. The van der Waals surface area contributed by atoms with E-state index in [1.807, 2.05) is 18.2 Å². The molecule has 0 aromatic heterocycles. The molecule has 108 valence electrons. The highest BCUT2D eigenvalue weighted by Crippen LogP contribution is 2.28. The van der Waals surface area contributed by atoms with Gasteiger partial charge in [0.2, 0.25) is 0 Å². The van der Waals surface area contributed by atoms with Crippen molar-refractivity contribution in [3.63, 3.8) is 0 Å². The van der Waals surface area contributed by atoms with Crippen molar-refractivity contribution in [1.82, 2.24) is 0 Å². The van der Waals surface area contributed by atoms with Crippen LogP contribution in [0.5, 0.6) is 5.75 Å². The van der Waals surface area contributed by atoms with Crippen molar-refractivity contribution in [2.75, 3.05) is 7.11 Å². The quantitative estimate of drug-likeness (QED) is 0.582. The van der Waals surface area contributed by atoms with Crippen molar-refractivity contribution < 1.29 is 4.74 Å². The summed E-state index contributed by atoms with van der Waals surface area (Å²) in [7, 11) is 1.68. The molecule has 1 rings (SSSR count). The zero-order valence-electron chi connectivity index (χ0n) is 13.1. The van der Waals surface area contributed by atoms with Crippen LogP contribution >= 0.6 is 0 Å². The van der Waals surface area contributed by atoms with Gasteiger partial charge in [-0.05, 0) is 44.4 Å². The lowest BCUT2D eigenvalue weighted by Crippen LogP contribution is -2.08. The molecule has 20 heavy (non-hydrogen) atoms. The highest BCUT2D eigenvalue weighted by molar-refractivity contribution is 5.51. The standard InChI is InChI=1S/C19H26O/c1-6-19(4,14-7-8-16(2)3)15-13-17-9-11-18(20-5)12-10-17/h6,8-13,15H,1,7,14H2,2-5H3/b15-13+. The van der Waals surface area contributed by atoms with Gasteiger partial charge >= 0.3 is 0 Å². The van der Waals surface area contributed by atoms with E-state index >= 15 is 0 Å². The van der Waals surface area contributed by atoms with E-state index in [4.69, 9.17) is 4.74 Å². The zero-order chi connectivity index (χ0) is 15.0. The fourth-order valence-corrected chi connectivity index (χ4v) is 1.93. The third-order valence-electron chi connectivity index (χ3n) is 3.47. The number of ether oxygens (including phenoxy) is 1.